The predicted molar refractivity (Wildman–Crippen MR) is 106 cm³/mol. The topological polar surface area (TPSA) is 66.5 Å². The molecule has 3 rings (SSSR count). The van der Waals surface area contributed by atoms with E-state index in [4.69, 9.17) is 0 Å². The molecular weight excluding hydrogens is 360 g/mol. The number of piperidine rings is 1. The van der Waals surface area contributed by atoms with Gasteiger partial charge in [-0.15, -0.1) is 0 Å². The van der Waals surface area contributed by atoms with Crippen molar-refractivity contribution < 1.29 is 13.2 Å². The Kier molecular flexibility index (Phi) is 5.97. The van der Waals surface area contributed by atoms with Gasteiger partial charge in [-0.05, 0) is 49.4 Å². The van der Waals surface area contributed by atoms with Crippen molar-refractivity contribution in [2.75, 3.05) is 13.1 Å². The zero-order chi connectivity index (χ0) is 19.4. The minimum atomic E-state index is -3.57. The SMILES string of the molecule is CC1CCN(S(=O)(=O)c2cccc(C(=O)N[C@@H](C)c3ccccc3)c2)CC1. The fourth-order valence-electron chi connectivity index (χ4n) is 3.28. The first-order valence-electron chi connectivity index (χ1n) is 9.34. The van der Waals surface area contributed by atoms with Crippen LogP contribution in [0.15, 0.2) is 59.5 Å². The first-order chi connectivity index (χ1) is 12.9. The summed E-state index contributed by atoms with van der Waals surface area (Å²) in [6.07, 6.45) is 1.74. The molecule has 0 aliphatic carbocycles. The van der Waals surface area contributed by atoms with E-state index in [0.29, 0.717) is 24.6 Å². The number of carbonyl (C=O) groups is 1. The third-order valence-corrected chi connectivity index (χ3v) is 7.02. The molecular formula is C21H26N2O3S. The third-order valence-electron chi connectivity index (χ3n) is 5.12. The monoisotopic (exact) mass is 386 g/mol. The van der Waals surface area contributed by atoms with Crippen LogP contribution in [0.2, 0.25) is 0 Å². The molecule has 5 nitrogen and oxygen atoms in total. The molecule has 144 valence electrons. The number of hydrogen-bond donors (Lipinski definition) is 1. The van der Waals surface area contributed by atoms with Crippen LogP contribution in [0.3, 0.4) is 0 Å². The maximum absolute atomic E-state index is 12.9. The second-order valence-electron chi connectivity index (χ2n) is 7.22. The highest BCUT2D eigenvalue weighted by atomic mass is 32.2. The van der Waals surface area contributed by atoms with E-state index in [2.05, 4.69) is 12.2 Å². The Hall–Kier alpha value is -2.18. The summed E-state index contributed by atoms with van der Waals surface area (Å²) in [6, 6.07) is 15.8. The maximum Gasteiger partial charge on any atom is 0.251 e. The average molecular weight is 387 g/mol. The summed E-state index contributed by atoms with van der Waals surface area (Å²) in [6.45, 7) is 5.11. The van der Waals surface area contributed by atoms with Crippen LogP contribution < -0.4 is 5.32 Å². The molecule has 0 bridgehead atoms. The van der Waals surface area contributed by atoms with E-state index >= 15 is 0 Å². The van der Waals surface area contributed by atoms with Gasteiger partial charge in [-0.25, -0.2) is 8.42 Å². The van der Waals surface area contributed by atoms with E-state index in [1.54, 1.807) is 18.2 Å². The standard InChI is InChI=1S/C21H26N2O3S/c1-16-11-13-23(14-12-16)27(25,26)20-10-6-9-19(15-20)21(24)22-17(2)18-7-4-3-5-8-18/h3-10,15-17H,11-14H2,1-2H3,(H,22,24)/t17-/m0/s1. The minimum absolute atomic E-state index is 0.164. The highest BCUT2D eigenvalue weighted by Gasteiger charge is 2.28. The lowest BCUT2D eigenvalue weighted by atomic mass is 10.0. The Morgan fingerprint density at radius 2 is 1.74 bits per heavy atom. The van der Waals surface area contributed by atoms with Gasteiger partial charge in [0.05, 0.1) is 10.9 Å². The van der Waals surface area contributed by atoms with E-state index < -0.39 is 10.0 Å². The van der Waals surface area contributed by atoms with Crippen LogP contribution in [-0.4, -0.2) is 31.7 Å². The van der Waals surface area contributed by atoms with Crippen LogP contribution in [0, 0.1) is 5.92 Å². The summed E-state index contributed by atoms with van der Waals surface area (Å²) in [5, 5.41) is 2.93. The van der Waals surface area contributed by atoms with Crippen LogP contribution in [0.5, 0.6) is 0 Å². The molecule has 1 atom stereocenters. The van der Waals surface area contributed by atoms with Crippen LogP contribution in [0.1, 0.15) is 48.7 Å². The van der Waals surface area contributed by atoms with Crippen LogP contribution in [0.4, 0.5) is 0 Å². The van der Waals surface area contributed by atoms with Crippen molar-refractivity contribution in [2.45, 2.75) is 37.6 Å². The van der Waals surface area contributed by atoms with Gasteiger partial charge >= 0.3 is 0 Å². The molecule has 6 heteroatoms. The summed E-state index contributed by atoms with van der Waals surface area (Å²) < 4.78 is 27.3. The number of carbonyl (C=O) groups excluding carboxylic acids is 1. The highest BCUT2D eigenvalue weighted by Crippen LogP contribution is 2.24. The van der Waals surface area contributed by atoms with Gasteiger partial charge in [0.25, 0.3) is 5.91 Å². The van der Waals surface area contributed by atoms with Crippen molar-refractivity contribution >= 4 is 15.9 Å². The van der Waals surface area contributed by atoms with Gasteiger partial charge in [0, 0.05) is 18.7 Å². The van der Waals surface area contributed by atoms with E-state index in [1.807, 2.05) is 37.3 Å². The van der Waals surface area contributed by atoms with E-state index in [-0.39, 0.29) is 16.8 Å². The molecule has 0 spiro atoms. The van der Waals surface area contributed by atoms with Crippen molar-refractivity contribution in [3.05, 3.63) is 65.7 Å². The second-order valence-corrected chi connectivity index (χ2v) is 9.16. The molecule has 1 amide bonds. The lowest BCUT2D eigenvalue weighted by Gasteiger charge is -2.29. The Labute approximate surface area is 161 Å². The number of rotatable bonds is 5. The minimum Gasteiger partial charge on any atom is -0.346 e. The Bertz CT molecular complexity index is 889. The van der Waals surface area contributed by atoms with Gasteiger partial charge in [-0.3, -0.25) is 4.79 Å². The van der Waals surface area contributed by atoms with Crippen molar-refractivity contribution in [1.29, 1.82) is 0 Å². The number of benzene rings is 2. The molecule has 0 unspecified atom stereocenters. The average Bonchev–Trinajstić information content (AvgIpc) is 2.69. The lowest BCUT2D eigenvalue weighted by molar-refractivity contribution is 0.0939. The van der Waals surface area contributed by atoms with Crippen LogP contribution >= 0.6 is 0 Å². The number of hydrogen-bond acceptors (Lipinski definition) is 3. The molecule has 1 saturated heterocycles. The zero-order valence-electron chi connectivity index (χ0n) is 15.8. The zero-order valence-corrected chi connectivity index (χ0v) is 16.6. The fraction of sp³-hybridized carbons (Fsp3) is 0.381. The first kappa shape index (κ1) is 19.6. The largest absolute Gasteiger partial charge is 0.346 e. The molecule has 1 heterocycles. The summed E-state index contributed by atoms with van der Waals surface area (Å²) in [4.78, 5) is 12.8. The molecule has 0 saturated carbocycles. The van der Waals surface area contributed by atoms with Crippen molar-refractivity contribution in [3.63, 3.8) is 0 Å². The Balaban J connectivity index is 1.76. The molecule has 0 aromatic heterocycles. The van der Waals surface area contributed by atoms with Gasteiger partial charge < -0.3 is 5.32 Å². The van der Waals surface area contributed by atoms with Gasteiger partial charge in [-0.2, -0.15) is 4.31 Å². The summed E-state index contributed by atoms with van der Waals surface area (Å²) >= 11 is 0. The lowest BCUT2D eigenvalue weighted by Crippen LogP contribution is -2.38. The fourth-order valence-corrected chi connectivity index (χ4v) is 4.79. The van der Waals surface area contributed by atoms with Gasteiger partial charge in [0.1, 0.15) is 0 Å². The quantitative estimate of drug-likeness (QED) is 0.854. The maximum atomic E-state index is 12.9. The van der Waals surface area contributed by atoms with Gasteiger partial charge in [0.15, 0.2) is 0 Å². The Morgan fingerprint density at radius 1 is 1.07 bits per heavy atom. The second kappa shape index (κ2) is 8.23. The van der Waals surface area contributed by atoms with Crippen molar-refractivity contribution in [2.24, 2.45) is 5.92 Å². The summed E-state index contributed by atoms with van der Waals surface area (Å²) in [5.74, 6) is 0.267. The molecule has 2 aromatic carbocycles. The van der Waals surface area contributed by atoms with E-state index in [9.17, 15) is 13.2 Å². The Morgan fingerprint density at radius 3 is 2.41 bits per heavy atom. The van der Waals surface area contributed by atoms with Gasteiger partial charge in [0.2, 0.25) is 10.0 Å². The normalized spacial score (nSPS) is 17.4. The molecule has 1 aliphatic heterocycles. The number of nitrogens with one attached hydrogen (secondary N) is 1. The van der Waals surface area contributed by atoms with Crippen molar-refractivity contribution in [1.82, 2.24) is 9.62 Å². The number of nitrogens with zero attached hydrogens (tertiary/aromatic N) is 1. The molecule has 27 heavy (non-hydrogen) atoms. The summed E-state index contributed by atoms with van der Waals surface area (Å²) in [5.41, 5.74) is 1.35. The highest BCUT2D eigenvalue weighted by molar-refractivity contribution is 7.89. The molecule has 2 aromatic rings. The smallest absolute Gasteiger partial charge is 0.251 e. The van der Waals surface area contributed by atoms with E-state index in [0.717, 1.165) is 18.4 Å². The first-order valence-corrected chi connectivity index (χ1v) is 10.8. The molecule has 0 radical (unpaired) electrons. The molecule has 1 fully saturated rings. The molecule has 1 aliphatic rings. The van der Waals surface area contributed by atoms with E-state index in [1.165, 1.54) is 10.4 Å². The van der Waals surface area contributed by atoms with Crippen LogP contribution in [0.25, 0.3) is 0 Å². The number of sulfonamides is 1. The van der Waals surface area contributed by atoms with Crippen molar-refractivity contribution in [3.8, 4) is 0 Å². The van der Waals surface area contributed by atoms with Gasteiger partial charge in [-0.1, -0.05) is 43.3 Å². The molecule has 1 N–H and O–H groups in total. The van der Waals surface area contributed by atoms with Crippen LogP contribution in [-0.2, 0) is 10.0 Å². The predicted octanol–water partition coefficient (Wildman–Crippen LogP) is 3.60. The summed E-state index contributed by atoms with van der Waals surface area (Å²) in [7, 11) is -3.57. The third kappa shape index (κ3) is 4.57. The number of amides is 1.